The van der Waals surface area contributed by atoms with Crippen molar-refractivity contribution in [3.8, 4) is 0 Å². The topological polar surface area (TPSA) is 83.5 Å². The number of phosphoric ester groups is 1. The lowest BCUT2D eigenvalue weighted by atomic mass is 10.1. The van der Waals surface area contributed by atoms with Crippen molar-refractivity contribution in [2.24, 2.45) is 0 Å². The maximum absolute atomic E-state index is 11.6. The smallest absolute Gasteiger partial charge is 0.377 e. The van der Waals surface area contributed by atoms with Crippen LogP contribution in [-0.4, -0.2) is 57.2 Å². The molecule has 0 amide bonds. The summed E-state index contributed by atoms with van der Waals surface area (Å²) in [6.07, 6.45) is 8.26. The summed E-state index contributed by atoms with van der Waals surface area (Å²) in [6.45, 7) is 4.11. The molecule has 2 unspecified atom stereocenters. The van der Waals surface area contributed by atoms with Gasteiger partial charge in [0.2, 0.25) is 0 Å². The van der Waals surface area contributed by atoms with Crippen LogP contribution in [0.4, 0.5) is 0 Å². The van der Waals surface area contributed by atoms with Gasteiger partial charge in [-0.2, -0.15) is 0 Å². The van der Waals surface area contributed by atoms with Crippen molar-refractivity contribution < 1.29 is 32.7 Å². The zero-order chi connectivity index (χ0) is 17.5. The molecule has 1 heterocycles. The molecule has 7 nitrogen and oxygen atoms in total. The first kappa shape index (κ1) is 22.0. The number of unbranched alkanes of at least 4 members (excludes halogenated alkanes) is 5. The predicted molar refractivity (Wildman–Crippen MR) is 91.1 cm³/mol. The van der Waals surface area contributed by atoms with Crippen LogP contribution in [0.2, 0.25) is 0 Å². The minimum atomic E-state index is -4.01. The van der Waals surface area contributed by atoms with Gasteiger partial charge >= 0.3 is 7.82 Å². The maximum atomic E-state index is 11.6. The Bertz CT molecular complexity index is 340. The maximum Gasteiger partial charge on any atom is 0.472 e. The zero-order valence-corrected chi connectivity index (χ0v) is 15.7. The fraction of sp³-hybridized carbons (Fsp3) is 1.00. The Kier molecular flexibility index (Phi) is 13.0. The molecular formula is C16H33O7P. The molecule has 24 heavy (non-hydrogen) atoms. The van der Waals surface area contributed by atoms with Gasteiger partial charge in [0.15, 0.2) is 0 Å². The minimum absolute atomic E-state index is 0.00922. The quantitative estimate of drug-likeness (QED) is 0.545. The molecule has 1 saturated heterocycles. The Labute approximate surface area is 145 Å². The molecule has 1 rings (SSSR count). The normalized spacial score (nSPS) is 28.3. The van der Waals surface area contributed by atoms with Crippen LogP contribution < -0.4 is 0 Å². The summed E-state index contributed by atoms with van der Waals surface area (Å²) in [5.74, 6) is 0. The third-order valence-electron chi connectivity index (χ3n) is 3.73. The van der Waals surface area contributed by atoms with E-state index in [9.17, 15) is 9.46 Å². The summed E-state index contributed by atoms with van der Waals surface area (Å²) in [6, 6.07) is 0. The third kappa shape index (κ3) is 12.4. The molecule has 0 aliphatic carbocycles. The molecule has 0 bridgehead atoms. The largest absolute Gasteiger partial charge is 0.472 e. The molecule has 8 heteroatoms. The lowest BCUT2D eigenvalue weighted by molar-refractivity contribution is -0.0494. The number of hydrogen-bond acceptors (Lipinski definition) is 6. The number of phosphoric acid groups is 1. The van der Waals surface area contributed by atoms with E-state index < -0.39 is 7.82 Å². The molecule has 1 N–H and O–H groups in total. The van der Waals surface area contributed by atoms with Crippen LogP contribution in [0.1, 0.15) is 51.9 Å². The Hall–Kier alpha value is -0.0100. The van der Waals surface area contributed by atoms with Crippen LogP contribution in [0.15, 0.2) is 0 Å². The number of hydrogen-bond donors (Lipinski definition) is 1. The third-order valence-corrected chi connectivity index (χ3v) is 4.75. The molecule has 1 aliphatic heterocycles. The fourth-order valence-electron chi connectivity index (χ4n) is 2.42. The summed E-state index contributed by atoms with van der Waals surface area (Å²) in [4.78, 5) is 9.47. The van der Waals surface area contributed by atoms with Gasteiger partial charge in [0, 0.05) is 0 Å². The summed E-state index contributed by atoms with van der Waals surface area (Å²) in [5, 5.41) is 0. The van der Waals surface area contributed by atoms with Gasteiger partial charge in [0.05, 0.1) is 52.4 Å². The van der Waals surface area contributed by atoms with E-state index in [-0.39, 0.29) is 32.5 Å². The highest BCUT2D eigenvalue weighted by Gasteiger charge is 2.21. The molecule has 0 radical (unpaired) electrons. The van der Waals surface area contributed by atoms with Crippen molar-refractivity contribution in [1.29, 1.82) is 0 Å². The van der Waals surface area contributed by atoms with Crippen molar-refractivity contribution in [3.63, 3.8) is 0 Å². The fourth-order valence-corrected chi connectivity index (χ4v) is 3.10. The summed E-state index contributed by atoms with van der Waals surface area (Å²) in [5.41, 5.74) is 0. The van der Waals surface area contributed by atoms with E-state index in [0.29, 0.717) is 19.8 Å². The van der Waals surface area contributed by atoms with Crippen molar-refractivity contribution in [2.45, 2.75) is 58.0 Å². The van der Waals surface area contributed by atoms with Crippen LogP contribution in [0.3, 0.4) is 0 Å². The second kappa shape index (κ2) is 14.2. The van der Waals surface area contributed by atoms with E-state index in [1.807, 2.05) is 0 Å². The van der Waals surface area contributed by atoms with E-state index in [1.165, 1.54) is 32.1 Å². The highest BCUT2D eigenvalue weighted by molar-refractivity contribution is 7.47. The van der Waals surface area contributed by atoms with Crippen LogP contribution in [0.5, 0.6) is 0 Å². The standard InChI is InChI=1S/C16H33O7P/c1-2-3-4-5-6-7-8-16-15-20-10-9-19-11-13-22-24(17,18)23-14-12-21-16/h16H,2-15H2,1H3,(H,17,18). The summed E-state index contributed by atoms with van der Waals surface area (Å²) in [7, 11) is -4.01. The molecule has 144 valence electrons. The summed E-state index contributed by atoms with van der Waals surface area (Å²) >= 11 is 0. The van der Waals surface area contributed by atoms with E-state index in [2.05, 4.69) is 6.92 Å². The van der Waals surface area contributed by atoms with Crippen LogP contribution in [-0.2, 0) is 27.8 Å². The zero-order valence-electron chi connectivity index (χ0n) is 14.8. The van der Waals surface area contributed by atoms with Gasteiger partial charge in [-0.1, -0.05) is 45.4 Å². The van der Waals surface area contributed by atoms with E-state index in [4.69, 9.17) is 23.3 Å². The average molecular weight is 368 g/mol. The molecular weight excluding hydrogens is 335 g/mol. The van der Waals surface area contributed by atoms with Crippen LogP contribution in [0, 0.1) is 0 Å². The van der Waals surface area contributed by atoms with Crippen molar-refractivity contribution in [2.75, 3.05) is 46.2 Å². The molecule has 1 fully saturated rings. The molecule has 0 aromatic heterocycles. The van der Waals surface area contributed by atoms with Crippen molar-refractivity contribution >= 4 is 7.82 Å². The molecule has 0 spiro atoms. The first-order valence-corrected chi connectivity index (χ1v) is 10.5. The minimum Gasteiger partial charge on any atom is -0.377 e. The molecule has 0 aromatic rings. The van der Waals surface area contributed by atoms with Crippen LogP contribution in [0.25, 0.3) is 0 Å². The lowest BCUT2D eigenvalue weighted by Crippen LogP contribution is -2.24. The Morgan fingerprint density at radius 1 is 0.875 bits per heavy atom. The van der Waals surface area contributed by atoms with E-state index >= 15 is 0 Å². The van der Waals surface area contributed by atoms with E-state index in [1.54, 1.807) is 0 Å². The first-order chi connectivity index (χ1) is 11.6. The lowest BCUT2D eigenvalue weighted by Gasteiger charge is -2.19. The average Bonchev–Trinajstić information content (AvgIpc) is 2.55. The van der Waals surface area contributed by atoms with Gasteiger partial charge in [-0.05, 0) is 6.42 Å². The molecule has 2 atom stereocenters. The highest BCUT2D eigenvalue weighted by Crippen LogP contribution is 2.42. The molecule has 0 saturated carbocycles. The van der Waals surface area contributed by atoms with Crippen LogP contribution >= 0.6 is 7.82 Å². The second-order valence-electron chi connectivity index (χ2n) is 5.87. The SMILES string of the molecule is CCCCCCCCC1COCCOCCOP(=O)(O)OCCO1. The Morgan fingerprint density at radius 3 is 2.29 bits per heavy atom. The van der Waals surface area contributed by atoms with Gasteiger partial charge in [0.25, 0.3) is 0 Å². The van der Waals surface area contributed by atoms with E-state index in [0.717, 1.165) is 12.8 Å². The number of ether oxygens (including phenoxy) is 3. The van der Waals surface area contributed by atoms with Gasteiger partial charge in [-0.3, -0.25) is 9.05 Å². The molecule has 1 aliphatic rings. The second-order valence-corrected chi connectivity index (χ2v) is 7.33. The van der Waals surface area contributed by atoms with Crippen molar-refractivity contribution in [3.05, 3.63) is 0 Å². The van der Waals surface area contributed by atoms with Crippen molar-refractivity contribution in [1.82, 2.24) is 0 Å². The monoisotopic (exact) mass is 368 g/mol. The number of rotatable bonds is 7. The van der Waals surface area contributed by atoms with Gasteiger partial charge in [0.1, 0.15) is 0 Å². The highest BCUT2D eigenvalue weighted by atomic mass is 31.2. The molecule has 0 aromatic carbocycles. The van der Waals surface area contributed by atoms with Gasteiger partial charge in [-0.15, -0.1) is 0 Å². The summed E-state index contributed by atoms with van der Waals surface area (Å²) < 4.78 is 37.8. The Morgan fingerprint density at radius 2 is 1.50 bits per heavy atom. The Balaban J connectivity index is 2.28. The van der Waals surface area contributed by atoms with Gasteiger partial charge in [-0.25, -0.2) is 4.57 Å². The first-order valence-electron chi connectivity index (χ1n) is 9.03. The van der Waals surface area contributed by atoms with Gasteiger partial charge < -0.3 is 19.1 Å². The predicted octanol–water partition coefficient (Wildman–Crippen LogP) is 3.30.